The number of nitrogens with two attached hydrogens (primary N) is 1. The van der Waals surface area contributed by atoms with Gasteiger partial charge in [-0.15, -0.1) is 0 Å². The first-order valence-electron chi connectivity index (χ1n) is 8.44. The van der Waals surface area contributed by atoms with Crippen molar-refractivity contribution in [1.29, 1.82) is 0 Å². The summed E-state index contributed by atoms with van der Waals surface area (Å²) in [7, 11) is 0. The third-order valence-electron chi connectivity index (χ3n) is 4.38. The number of nitrogens with zero attached hydrogens (tertiary/aromatic N) is 1. The van der Waals surface area contributed by atoms with Crippen molar-refractivity contribution >= 4 is 11.6 Å². The van der Waals surface area contributed by atoms with E-state index in [1.807, 2.05) is 24.3 Å². The first kappa shape index (κ1) is 16.8. The second-order valence-corrected chi connectivity index (χ2v) is 6.57. The molecule has 0 bridgehead atoms. The average Bonchev–Trinajstić information content (AvgIpc) is 2.50. The van der Waals surface area contributed by atoms with Gasteiger partial charge >= 0.3 is 0 Å². The van der Waals surface area contributed by atoms with E-state index in [-0.39, 0.29) is 11.9 Å². The third kappa shape index (κ3) is 4.73. The molecule has 1 aliphatic heterocycles. The summed E-state index contributed by atoms with van der Waals surface area (Å²) in [4.78, 5) is 14.9. The topological polar surface area (TPSA) is 58.4 Å². The number of carbonyl (C=O) groups is 1. The van der Waals surface area contributed by atoms with Gasteiger partial charge in [0.2, 0.25) is 5.91 Å². The van der Waals surface area contributed by atoms with Gasteiger partial charge in [-0.3, -0.25) is 9.69 Å². The zero-order valence-corrected chi connectivity index (χ0v) is 13.8. The standard InChI is InChI=1S/C18H29N3O/c1-14(2)17(21-12-4-3-5-13-21)18(22)20-11-10-15-6-8-16(19)9-7-15/h6-9,14,17H,3-5,10-13,19H2,1-2H3,(H,20,22). The van der Waals surface area contributed by atoms with Crippen LogP contribution in [0.3, 0.4) is 0 Å². The Hall–Kier alpha value is -1.55. The van der Waals surface area contributed by atoms with Crippen LogP contribution in [0.5, 0.6) is 0 Å². The van der Waals surface area contributed by atoms with Gasteiger partial charge in [0.1, 0.15) is 0 Å². The highest BCUT2D eigenvalue weighted by molar-refractivity contribution is 5.82. The van der Waals surface area contributed by atoms with Gasteiger partial charge in [0.15, 0.2) is 0 Å². The summed E-state index contributed by atoms with van der Waals surface area (Å²) in [6, 6.07) is 7.86. The number of amides is 1. The second-order valence-electron chi connectivity index (χ2n) is 6.57. The van der Waals surface area contributed by atoms with Crippen LogP contribution in [-0.4, -0.2) is 36.5 Å². The first-order valence-corrected chi connectivity index (χ1v) is 8.44. The minimum atomic E-state index is 0.00622. The van der Waals surface area contributed by atoms with Crippen LogP contribution >= 0.6 is 0 Å². The molecule has 4 heteroatoms. The molecule has 1 fully saturated rings. The normalized spacial score (nSPS) is 17.4. The number of anilines is 1. The number of hydrogen-bond acceptors (Lipinski definition) is 3. The zero-order valence-electron chi connectivity index (χ0n) is 13.8. The van der Waals surface area contributed by atoms with Crippen molar-refractivity contribution in [3.63, 3.8) is 0 Å². The van der Waals surface area contributed by atoms with Gasteiger partial charge < -0.3 is 11.1 Å². The zero-order chi connectivity index (χ0) is 15.9. The maximum absolute atomic E-state index is 12.6. The molecule has 1 aromatic rings. The molecule has 1 heterocycles. The van der Waals surface area contributed by atoms with Gasteiger partial charge in [-0.2, -0.15) is 0 Å². The molecule has 1 aromatic carbocycles. The molecule has 4 nitrogen and oxygen atoms in total. The fourth-order valence-electron chi connectivity index (χ4n) is 3.21. The Balaban J connectivity index is 1.84. The van der Waals surface area contributed by atoms with E-state index in [1.54, 1.807) is 0 Å². The van der Waals surface area contributed by atoms with Crippen LogP contribution < -0.4 is 11.1 Å². The van der Waals surface area contributed by atoms with Gasteiger partial charge in [0, 0.05) is 12.2 Å². The summed E-state index contributed by atoms with van der Waals surface area (Å²) in [6.45, 7) is 7.06. The number of likely N-dealkylation sites (tertiary alicyclic amines) is 1. The number of rotatable bonds is 6. The van der Waals surface area contributed by atoms with E-state index in [4.69, 9.17) is 5.73 Å². The quantitative estimate of drug-likeness (QED) is 0.794. The molecule has 0 saturated carbocycles. The van der Waals surface area contributed by atoms with Crippen molar-refractivity contribution in [2.75, 3.05) is 25.4 Å². The lowest BCUT2D eigenvalue weighted by molar-refractivity contribution is -0.128. The van der Waals surface area contributed by atoms with Gasteiger partial charge in [-0.1, -0.05) is 32.4 Å². The van der Waals surface area contributed by atoms with E-state index in [0.29, 0.717) is 12.5 Å². The van der Waals surface area contributed by atoms with E-state index >= 15 is 0 Å². The van der Waals surface area contributed by atoms with Crippen LogP contribution in [0.25, 0.3) is 0 Å². The molecular weight excluding hydrogens is 274 g/mol. The van der Waals surface area contributed by atoms with E-state index in [0.717, 1.165) is 25.2 Å². The Morgan fingerprint density at radius 3 is 2.41 bits per heavy atom. The monoisotopic (exact) mass is 303 g/mol. The number of piperidine rings is 1. The van der Waals surface area contributed by atoms with Crippen LogP contribution in [0.15, 0.2) is 24.3 Å². The number of carbonyl (C=O) groups excluding carboxylic acids is 1. The molecule has 1 amide bonds. The highest BCUT2D eigenvalue weighted by Gasteiger charge is 2.29. The van der Waals surface area contributed by atoms with Crippen molar-refractivity contribution in [3.8, 4) is 0 Å². The Kier molecular flexibility index (Phi) is 6.25. The first-order chi connectivity index (χ1) is 10.6. The second kappa shape index (κ2) is 8.18. The largest absolute Gasteiger partial charge is 0.399 e. The molecule has 3 N–H and O–H groups in total. The molecule has 1 aliphatic rings. The molecule has 0 aliphatic carbocycles. The molecule has 1 unspecified atom stereocenters. The fraction of sp³-hybridized carbons (Fsp3) is 0.611. The Bertz CT molecular complexity index is 464. The summed E-state index contributed by atoms with van der Waals surface area (Å²) in [5, 5.41) is 3.11. The van der Waals surface area contributed by atoms with Gasteiger partial charge in [0.25, 0.3) is 0 Å². The van der Waals surface area contributed by atoms with Crippen LogP contribution in [0, 0.1) is 5.92 Å². The number of benzene rings is 1. The van der Waals surface area contributed by atoms with Crippen LogP contribution in [-0.2, 0) is 11.2 Å². The lowest BCUT2D eigenvalue weighted by atomic mass is 9.98. The SMILES string of the molecule is CC(C)C(C(=O)NCCc1ccc(N)cc1)N1CCCCC1. The maximum Gasteiger partial charge on any atom is 0.237 e. The summed E-state index contributed by atoms with van der Waals surface area (Å²) < 4.78 is 0. The number of nitrogens with one attached hydrogen (secondary N) is 1. The highest BCUT2D eigenvalue weighted by atomic mass is 16.2. The fourth-order valence-corrected chi connectivity index (χ4v) is 3.21. The Morgan fingerprint density at radius 1 is 1.18 bits per heavy atom. The van der Waals surface area contributed by atoms with Crippen molar-refractivity contribution < 1.29 is 4.79 Å². The van der Waals surface area contributed by atoms with E-state index in [2.05, 4.69) is 24.1 Å². The lowest BCUT2D eigenvalue weighted by Crippen LogP contribution is -2.51. The summed E-state index contributed by atoms with van der Waals surface area (Å²) >= 11 is 0. The van der Waals surface area contributed by atoms with E-state index in [1.165, 1.54) is 24.8 Å². The van der Waals surface area contributed by atoms with Crippen LogP contribution in [0.1, 0.15) is 38.7 Å². The van der Waals surface area contributed by atoms with Gasteiger partial charge in [-0.05, 0) is 56.0 Å². The van der Waals surface area contributed by atoms with Crippen LogP contribution in [0.4, 0.5) is 5.69 Å². The minimum Gasteiger partial charge on any atom is -0.399 e. The predicted molar refractivity (Wildman–Crippen MR) is 91.6 cm³/mol. The molecule has 1 saturated heterocycles. The minimum absolute atomic E-state index is 0.00622. The van der Waals surface area contributed by atoms with Crippen molar-refractivity contribution in [1.82, 2.24) is 10.2 Å². The van der Waals surface area contributed by atoms with Gasteiger partial charge in [-0.25, -0.2) is 0 Å². The molecule has 22 heavy (non-hydrogen) atoms. The molecule has 0 radical (unpaired) electrons. The molecular formula is C18H29N3O. The van der Waals surface area contributed by atoms with Crippen molar-refractivity contribution in [3.05, 3.63) is 29.8 Å². The van der Waals surface area contributed by atoms with Crippen molar-refractivity contribution in [2.45, 2.75) is 45.6 Å². The summed E-state index contributed by atoms with van der Waals surface area (Å²) in [6.07, 6.45) is 4.56. The molecule has 0 spiro atoms. The highest BCUT2D eigenvalue weighted by Crippen LogP contribution is 2.17. The van der Waals surface area contributed by atoms with E-state index < -0.39 is 0 Å². The van der Waals surface area contributed by atoms with Gasteiger partial charge in [0.05, 0.1) is 6.04 Å². The Labute approximate surface area is 134 Å². The summed E-state index contributed by atoms with van der Waals surface area (Å²) in [5.74, 6) is 0.516. The van der Waals surface area contributed by atoms with Crippen LogP contribution in [0.2, 0.25) is 0 Å². The smallest absolute Gasteiger partial charge is 0.237 e. The maximum atomic E-state index is 12.6. The molecule has 1 atom stereocenters. The average molecular weight is 303 g/mol. The molecule has 0 aromatic heterocycles. The van der Waals surface area contributed by atoms with E-state index in [9.17, 15) is 4.79 Å². The lowest BCUT2D eigenvalue weighted by Gasteiger charge is -2.35. The number of hydrogen-bond donors (Lipinski definition) is 2. The predicted octanol–water partition coefficient (Wildman–Crippen LogP) is 2.44. The molecule has 122 valence electrons. The third-order valence-corrected chi connectivity index (χ3v) is 4.38. The Morgan fingerprint density at radius 2 is 1.82 bits per heavy atom. The summed E-state index contributed by atoms with van der Waals surface area (Å²) in [5.41, 5.74) is 7.66. The number of nitrogen functional groups attached to an aromatic ring is 1. The molecule has 2 rings (SSSR count). The van der Waals surface area contributed by atoms with Crippen molar-refractivity contribution in [2.24, 2.45) is 5.92 Å².